The van der Waals surface area contributed by atoms with Crippen LogP contribution in [0.2, 0.25) is 0 Å². The van der Waals surface area contributed by atoms with Crippen molar-refractivity contribution in [3.8, 4) is 11.4 Å². The van der Waals surface area contributed by atoms with Gasteiger partial charge in [-0.1, -0.05) is 25.1 Å². The van der Waals surface area contributed by atoms with Crippen LogP contribution in [0.3, 0.4) is 0 Å². The van der Waals surface area contributed by atoms with Crippen LogP contribution in [0.5, 0.6) is 0 Å². The fourth-order valence-corrected chi connectivity index (χ4v) is 3.60. The minimum absolute atomic E-state index is 0.0388. The Bertz CT molecular complexity index is 1350. The molecule has 0 saturated heterocycles. The molecule has 0 saturated carbocycles. The highest BCUT2D eigenvalue weighted by atomic mass is 19.3. The molecule has 3 aromatic heterocycles. The number of benzene rings is 1. The standard InChI is InChI=1S/C21H22F2N6O2/c1-3-8-29-20(30)16-19(28(4-2)21(29)31)26-18(25-16)15-10-24-27(12-15)11-13-6-5-7-14(9-13)17(22)23/h5-7,9-10,12,17H,3-4,8,11H2,1-2H3,(H,25,26). The van der Waals surface area contributed by atoms with Gasteiger partial charge in [-0.2, -0.15) is 5.10 Å². The molecule has 0 fully saturated rings. The Morgan fingerprint density at radius 2 is 1.97 bits per heavy atom. The number of rotatable bonds is 7. The summed E-state index contributed by atoms with van der Waals surface area (Å²) < 4.78 is 30.1. The van der Waals surface area contributed by atoms with E-state index < -0.39 is 12.0 Å². The second-order valence-corrected chi connectivity index (χ2v) is 7.24. The van der Waals surface area contributed by atoms with Gasteiger partial charge in [0.25, 0.3) is 12.0 Å². The van der Waals surface area contributed by atoms with Gasteiger partial charge in [-0.05, 0) is 25.0 Å². The lowest BCUT2D eigenvalue weighted by Gasteiger charge is -2.07. The van der Waals surface area contributed by atoms with Crippen molar-refractivity contribution in [3.63, 3.8) is 0 Å². The average molecular weight is 428 g/mol. The largest absolute Gasteiger partial charge is 0.332 e. The third kappa shape index (κ3) is 3.80. The highest BCUT2D eigenvalue weighted by Gasteiger charge is 2.17. The van der Waals surface area contributed by atoms with Crippen molar-refractivity contribution < 1.29 is 8.78 Å². The van der Waals surface area contributed by atoms with Gasteiger partial charge in [-0.25, -0.2) is 18.6 Å². The molecule has 8 nitrogen and oxygen atoms in total. The fraction of sp³-hybridized carbons (Fsp3) is 0.333. The minimum atomic E-state index is -2.53. The molecule has 1 aromatic carbocycles. The zero-order valence-electron chi connectivity index (χ0n) is 17.2. The maximum absolute atomic E-state index is 12.9. The highest BCUT2D eigenvalue weighted by molar-refractivity contribution is 5.75. The van der Waals surface area contributed by atoms with Crippen molar-refractivity contribution in [2.24, 2.45) is 0 Å². The summed E-state index contributed by atoms with van der Waals surface area (Å²) in [5, 5.41) is 4.28. The van der Waals surface area contributed by atoms with Crippen LogP contribution in [0.4, 0.5) is 8.78 Å². The number of H-pyrrole nitrogens is 1. The number of imidazole rings is 1. The smallest absolute Gasteiger partial charge is 0.332 e. The number of nitrogens with one attached hydrogen (secondary N) is 1. The van der Waals surface area contributed by atoms with Crippen LogP contribution in [-0.2, 0) is 19.6 Å². The van der Waals surface area contributed by atoms with E-state index in [0.29, 0.717) is 48.7 Å². The molecular formula is C21H22F2N6O2. The maximum atomic E-state index is 12.9. The zero-order valence-corrected chi connectivity index (χ0v) is 17.2. The molecule has 0 radical (unpaired) electrons. The molecule has 0 bridgehead atoms. The van der Waals surface area contributed by atoms with Gasteiger partial charge in [0.2, 0.25) is 0 Å². The van der Waals surface area contributed by atoms with E-state index >= 15 is 0 Å². The molecule has 0 atom stereocenters. The molecule has 0 amide bonds. The van der Waals surface area contributed by atoms with E-state index in [0.717, 1.165) is 0 Å². The molecule has 4 aromatic rings. The van der Waals surface area contributed by atoms with E-state index in [-0.39, 0.29) is 16.8 Å². The average Bonchev–Trinajstić information content (AvgIpc) is 3.39. The van der Waals surface area contributed by atoms with Gasteiger partial charge in [0.15, 0.2) is 5.65 Å². The van der Waals surface area contributed by atoms with E-state index in [1.807, 2.05) is 13.8 Å². The van der Waals surface area contributed by atoms with E-state index in [1.54, 1.807) is 29.2 Å². The molecule has 162 valence electrons. The molecule has 1 N–H and O–H groups in total. The summed E-state index contributed by atoms with van der Waals surface area (Å²) in [6, 6.07) is 6.18. The van der Waals surface area contributed by atoms with E-state index in [9.17, 15) is 18.4 Å². The van der Waals surface area contributed by atoms with Crippen molar-refractivity contribution in [1.82, 2.24) is 28.9 Å². The van der Waals surface area contributed by atoms with Crippen LogP contribution in [0.25, 0.3) is 22.6 Å². The molecule has 0 spiro atoms. The van der Waals surface area contributed by atoms with Crippen molar-refractivity contribution >= 4 is 11.2 Å². The van der Waals surface area contributed by atoms with Gasteiger partial charge in [0, 0.05) is 24.8 Å². The second kappa shape index (κ2) is 8.29. The third-order valence-electron chi connectivity index (χ3n) is 5.08. The fourth-order valence-electron chi connectivity index (χ4n) is 3.60. The second-order valence-electron chi connectivity index (χ2n) is 7.24. The summed E-state index contributed by atoms with van der Waals surface area (Å²) in [4.78, 5) is 32.9. The summed E-state index contributed by atoms with van der Waals surface area (Å²) in [7, 11) is 0. The zero-order chi connectivity index (χ0) is 22.1. The lowest BCUT2D eigenvalue weighted by atomic mass is 10.1. The molecule has 0 aliphatic heterocycles. The van der Waals surface area contributed by atoms with Gasteiger partial charge in [0.1, 0.15) is 11.3 Å². The summed E-state index contributed by atoms with van der Waals surface area (Å²) >= 11 is 0. The van der Waals surface area contributed by atoms with Crippen LogP contribution in [0.1, 0.15) is 37.8 Å². The maximum Gasteiger partial charge on any atom is 0.332 e. The summed E-state index contributed by atoms with van der Waals surface area (Å²) in [6.07, 6.45) is 1.42. The van der Waals surface area contributed by atoms with Crippen LogP contribution >= 0.6 is 0 Å². The lowest BCUT2D eigenvalue weighted by Crippen LogP contribution is -2.39. The monoisotopic (exact) mass is 428 g/mol. The van der Waals surface area contributed by atoms with E-state index in [1.165, 1.54) is 21.3 Å². The Labute approximate surface area is 175 Å². The number of hydrogen-bond donors (Lipinski definition) is 1. The van der Waals surface area contributed by atoms with Crippen LogP contribution in [0.15, 0.2) is 46.2 Å². The molecule has 3 heterocycles. The van der Waals surface area contributed by atoms with E-state index in [4.69, 9.17) is 0 Å². The normalized spacial score (nSPS) is 11.6. The number of aromatic amines is 1. The summed E-state index contributed by atoms with van der Waals surface area (Å²) in [6.45, 7) is 4.74. The summed E-state index contributed by atoms with van der Waals surface area (Å²) in [5.41, 5.74) is 1.07. The molecular weight excluding hydrogens is 406 g/mol. The molecule has 0 unspecified atom stereocenters. The van der Waals surface area contributed by atoms with Gasteiger partial charge in [0.05, 0.1) is 18.3 Å². The lowest BCUT2D eigenvalue weighted by molar-refractivity contribution is 0.151. The first-order valence-corrected chi connectivity index (χ1v) is 10.1. The predicted molar refractivity (Wildman–Crippen MR) is 112 cm³/mol. The Morgan fingerprint density at radius 3 is 2.68 bits per heavy atom. The number of alkyl halides is 2. The van der Waals surface area contributed by atoms with Crippen LogP contribution < -0.4 is 11.2 Å². The Kier molecular flexibility index (Phi) is 5.53. The van der Waals surface area contributed by atoms with Crippen LogP contribution in [-0.4, -0.2) is 28.9 Å². The number of fused-ring (bicyclic) bond motifs is 1. The van der Waals surface area contributed by atoms with E-state index in [2.05, 4.69) is 15.1 Å². The van der Waals surface area contributed by atoms with Gasteiger partial charge >= 0.3 is 5.69 Å². The van der Waals surface area contributed by atoms with Gasteiger partial charge in [-0.3, -0.25) is 18.6 Å². The first-order valence-electron chi connectivity index (χ1n) is 10.1. The molecule has 0 aliphatic rings. The molecule has 10 heteroatoms. The Morgan fingerprint density at radius 1 is 1.16 bits per heavy atom. The summed E-state index contributed by atoms with van der Waals surface area (Å²) in [5.74, 6) is 0.413. The number of aryl methyl sites for hydroxylation is 1. The Hall–Kier alpha value is -3.56. The third-order valence-corrected chi connectivity index (χ3v) is 5.08. The molecule has 4 rings (SSSR count). The van der Waals surface area contributed by atoms with Crippen molar-refractivity contribution in [2.45, 2.75) is 46.3 Å². The Balaban J connectivity index is 1.71. The number of halogens is 2. The van der Waals surface area contributed by atoms with Crippen molar-refractivity contribution in [1.29, 1.82) is 0 Å². The number of aromatic nitrogens is 6. The van der Waals surface area contributed by atoms with Gasteiger partial charge < -0.3 is 4.98 Å². The predicted octanol–water partition coefficient (Wildman–Crippen LogP) is 3.17. The van der Waals surface area contributed by atoms with Crippen LogP contribution in [0, 0.1) is 0 Å². The first kappa shape index (κ1) is 20.7. The minimum Gasteiger partial charge on any atom is -0.332 e. The number of hydrogen-bond acceptors (Lipinski definition) is 4. The first-order chi connectivity index (χ1) is 14.9. The topological polar surface area (TPSA) is 90.5 Å². The van der Waals surface area contributed by atoms with Crippen molar-refractivity contribution in [3.05, 3.63) is 68.6 Å². The van der Waals surface area contributed by atoms with Crippen molar-refractivity contribution in [2.75, 3.05) is 0 Å². The molecule has 0 aliphatic carbocycles. The van der Waals surface area contributed by atoms with Gasteiger partial charge in [-0.15, -0.1) is 0 Å². The quantitative estimate of drug-likeness (QED) is 0.490. The SMILES string of the molecule is CCCn1c(=O)c2[nH]c(-c3cnn(Cc4cccc(C(F)F)c4)c3)nc2n(CC)c1=O. The molecule has 31 heavy (non-hydrogen) atoms. The highest BCUT2D eigenvalue weighted by Crippen LogP contribution is 2.21. The number of nitrogens with zero attached hydrogens (tertiary/aromatic N) is 5.